The largest absolute Gasteiger partial charge is 0.305 e. The maximum atomic E-state index is 5.00. The van der Waals surface area contributed by atoms with Crippen molar-refractivity contribution in [2.45, 2.75) is 90.6 Å². The molecule has 0 spiro atoms. The van der Waals surface area contributed by atoms with Crippen LogP contribution in [0.2, 0.25) is 0 Å². The summed E-state index contributed by atoms with van der Waals surface area (Å²) < 4.78 is 0. The van der Waals surface area contributed by atoms with Crippen molar-refractivity contribution in [2.75, 3.05) is 0 Å². The maximum absolute atomic E-state index is 5.00. The molecule has 2 rings (SSSR count). The Balaban J connectivity index is 2.20. The molecule has 0 amide bonds. The Hall–Kier alpha value is -0.410. The Bertz CT molecular complexity index is 423. The van der Waals surface area contributed by atoms with Crippen molar-refractivity contribution in [3.8, 4) is 0 Å². The first kappa shape index (κ1) is 17.0. The van der Waals surface area contributed by atoms with Crippen LogP contribution < -0.4 is 5.32 Å². The summed E-state index contributed by atoms with van der Waals surface area (Å²) in [5.41, 5.74) is 1.40. The summed E-state index contributed by atoms with van der Waals surface area (Å²) >= 11 is 1.85. The molecule has 1 aliphatic rings. The smallest absolute Gasteiger partial charge is 0.110 e. The number of hydrogen-bond acceptors (Lipinski definition) is 3. The Labute approximate surface area is 134 Å². The SMILES string of the molecule is CC(C)NC(c1nc(C(C)(C)C)cs1)C1CCCCCC1. The van der Waals surface area contributed by atoms with Crippen LogP contribution in [-0.2, 0) is 5.41 Å². The molecule has 0 aromatic carbocycles. The van der Waals surface area contributed by atoms with Gasteiger partial charge in [-0.25, -0.2) is 4.98 Å². The van der Waals surface area contributed by atoms with E-state index in [2.05, 4.69) is 45.3 Å². The van der Waals surface area contributed by atoms with E-state index in [9.17, 15) is 0 Å². The summed E-state index contributed by atoms with van der Waals surface area (Å²) in [6, 6.07) is 0.962. The van der Waals surface area contributed by atoms with Gasteiger partial charge in [-0.1, -0.05) is 60.3 Å². The first-order valence-corrected chi connectivity index (χ1v) is 9.48. The molecular weight excluding hydrogens is 276 g/mol. The van der Waals surface area contributed by atoms with Gasteiger partial charge in [0.25, 0.3) is 0 Å². The van der Waals surface area contributed by atoms with Gasteiger partial charge in [0.15, 0.2) is 0 Å². The third-order valence-electron chi connectivity index (χ3n) is 4.44. The van der Waals surface area contributed by atoms with Gasteiger partial charge >= 0.3 is 0 Å². The zero-order valence-corrected chi connectivity index (χ0v) is 15.2. The summed E-state index contributed by atoms with van der Waals surface area (Å²) in [5, 5.41) is 7.38. The summed E-state index contributed by atoms with van der Waals surface area (Å²) in [4.78, 5) is 5.00. The molecule has 0 radical (unpaired) electrons. The average Bonchev–Trinajstić information content (AvgIpc) is 2.72. The second-order valence-corrected chi connectivity index (χ2v) is 8.76. The van der Waals surface area contributed by atoms with Gasteiger partial charge in [0.2, 0.25) is 0 Å². The Morgan fingerprint density at radius 2 is 1.76 bits per heavy atom. The van der Waals surface area contributed by atoms with Crippen molar-refractivity contribution < 1.29 is 0 Å². The molecule has 3 heteroatoms. The van der Waals surface area contributed by atoms with Gasteiger partial charge in [-0.2, -0.15) is 0 Å². The van der Waals surface area contributed by atoms with Crippen LogP contribution in [0.15, 0.2) is 5.38 Å². The molecule has 1 atom stereocenters. The van der Waals surface area contributed by atoms with Gasteiger partial charge in [-0.15, -0.1) is 11.3 Å². The van der Waals surface area contributed by atoms with Crippen LogP contribution in [0.5, 0.6) is 0 Å². The Morgan fingerprint density at radius 1 is 1.14 bits per heavy atom. The van der Waals surface area contributed by atoms with E-state index in [1.165, 1.54) is 49.2 Å². The molecule has 1 heterocycles. The molecule has 1 saturated carbocycles. The topological polar surface area (TPSA) is 24.9 Å². The van der Waals surface area contributed by atoms with Gasteiger partial charge in [0.05, 0.1) is 11.7 Å². The fraction of sp³-hybridized carbons (Fsp3) is 0.833. The first-order chi connectivity index (χ1) is 9.88. The van der Waals surface area contributed by atoms with Crippen LogP contribution in [0.25, 0.3) is 0 Å². The molecule has 2 nitrogen and oxygen atoms in total. The quantitative estimate of drug-likeness (QED) is 0.748. The summed E-state index contributed by atoms with van der Waals surface area (Å²) in [6.45, 7) is 11.3. The predicted molar refractivity (Wildman–Crippen MR) is 93.0 cm³/mol. The van der Waals surface area contributed by atoms with Crippen molar-refractivity contribution in [3.05, 3.63) is 16.1 Å². The van der Waals surface area contributed by atoms with E-state index < -0.39 is 0 Å². The maximum Gasteiger partial charge on any atom is 0.110 e. The van der Waals surface area contributed by atoms with Crippen molar-refractivity contribution in [1.82, 2.24) is 10.3 Å². The molecule has 1 aliphatic carbocycles. The zero-order chi connectivity index (χ0) is 15.5. The molecule has 0 saturated heterocycles. The second-order valence-electron chi connectivity index (χ2n) is 7.87. The average molecular weight is 309 g/mol. The normalized spacial score (nSPS) is 19.7. The van der Waals surface area contributed by atoms with E-state index in [4.69, 9.17) is 4.98 Å². The van der Waals surface area contributed by atoms with Crippen LogP contribution >= 0.6 is 11.3 Å². The highest BCUT2D eigenvalue weighted by Gasteiger charge is 2.28. The van der Waals surface area contributed by atoms with Crippen LogP contribution in [-0.4, -0.2) is 11.0 Å². The number of rotatable bonds is 4. The molecule has 1 aromatic heterocycles. The fourth-order valence-corrected chi connectivity index (χ4v) is 4.38. The van der Waals surface area contributed by atoms with Gasteiger partial charge in [-0.05, 0) is 18.8 Å². The monoisotopic (exact) mass is 308 g/mol. The Kier molecular flexibility index (Phi) is 5.84. The second kappa shape index (κ2) is 7.23. The lowest BCUT2D eigenvalue weighted by Crippen LogP contribution is -2.33. The number of aromatic nitrogens is 1. The van der Waals surface area contributed by atoms with Crippen LogP contribution in [0.3, 0.4) is 0 Å². The number of nitrogens with zero attached hydrogens (tertiary/aromatic N) is 1. The van der Waals surface area contributed by atoms with Crippen molar-refractivity contribution in [3.63, 3.8) is 0 Å². The summed E-state index contributed by atoms with van der Waals surface area (Å²) in [6.07, 6.45) is 8.31. The fourth-order valence-electron chi connectivity index (χ4n) is 3.19. The predicted octanol–water partition coefficient (Wildman–Crippen LogP) is 5.45. The minimum absolute atomic E-state index is 0.153. The molecule has 1 unspecified atom stereocenters. The number of nitrogens with one attached hydrogen (secondary N) is 1. The van der Waals surface area contributed by atoms with E-state index in [0.29, 0.717) is 12.1 Å². The molecule has 1 fully saturated rings. The molecular formula is C18H32N2S. The van der Waals surface area contributed by atoms with Gasteiger partial charge in [0.1, 0.15) is 5.01 Å². The molecule has 21 heavy (non-hydrogen) atoms. The minimum atomic E-state index is 0.153. The molecule has 120 valence electrons. The van der Waals surface area contributed by atoms with E-state index in [1.54, 1.807) is 0 Å². The third kappa shape index (κ3) is 4.79. The minimum Gasteiger partial charge on any atom is -0.305 e. The highest BCUT2D eigenvalue weighted by Crippen LogP contribution is 2.36. The van der Waals surface area contributed by atoms with Crippen LogP contribution in [0, 0.1) is 5.92 Å². The van der Waals surface area contributed by atoms with Crippen LogP contribution in [0.4, 0.5) is 0 Å². The Morgan fingerprint density at radius 3 is 2.24 bits per heavy atom. The van der Waals surface area contributed by atoms with E-state index in [0.717, 1.165) is 5.92 Å². The summed E-state index contributed by atoms with van der Waals surface area (Å²) in [7, 11) is 0. The molecule has 0 bridgehead atoms. The van der Waals surface area contributed by atoms with E-state index >= 15 is 0 Å². The first-order valence-electron chi connectivity index (χ1n) is 8.60. The molecule has 0 aliphatic heterocycles. The van der Waals surface area contributed by atoms with Gasteiger partial charge in [-0.3, -0.25) is 0 Å². The highest BCUT2D eigenvalue weighted by molar-refractivity contribution is 7.09. The number of thiazole rings is 1. The number of hydrogen-bond donors (Lipinski definition) is 1. The lowest BCUT2D eigenvalue weighted by Gasteiger charge is -2.27. The van der Waals surface area contributed by atoms with Crippen LogP contribution in [0.1, 0.15) is 89.9 Å². The molecule has 1 N–H and O–H groups in total. The molecule has 1 aromatic rings. The van der Waals surface area contributed by atoms with E-state index in [-0.39, 0.29) is 5.41 Å². The van der Waals surface area contributed by atoms with Gasteiger partial charge in [0, 0.05) is 16.8 Å². The highest BCUT2D eigenvalue weighted by atomic mass is 32.1. The lowest BCUT2D eigenvalue weighted by molar-refractivity contribution is 0.306. The third-order valence-corrected chi connectivity index (χ3v) is 5.37. The standard InChI is InChI=1S/C18H32N2S/c1-13(2)19-16(14-10-8-6-7-9-11-14)17-20-15(12-21-17)18(3,4)5/h12-14,16,19H,6-11H2,1-5H3. The van der Waals surface area contributed by atoms with Crippen molar-refractivity contribution >= 4 is 11.3 Å². The lowest BCUT2D eigenvalue weighted by atomic mass is 9.91. The van der Waals surface area contributed by atoms with E-state index in [1.807, 2.05) is 11.3 Å². The van der Waals surface area contributed by atoms with Gasteiger partial charge < -0.3 is 5.32 Å². The zero-order valence-electron chi connectivity index (χ0n) is 14.4. The van der Waals surface area contributed by atoms with Crippen molar-refractivity contribution in [2.24, 2.45) is 5.92 Å². The van der Waals surface area contributed by atoms with Crippen molar-refractivity contribution in [1.29, 1.82) is 0 Å². The summed E-state index contributed by atoms with van der Waals surface area (Å²) in [5.74, 6) is 0.758.